The Bertz CT molecular complexity index is 287. The van der Waals surface area contributed by atoms with E-state index in [1.54, 1.807) is 0 Å². The summed E-state index contributed by atoms with van der Waals surface area (Å²) in [6, 6.07) is 8.80. The topological polar surface area (TPSA) is 12.0 Å². The van der Waals surface area contributed by atoms with Crippen molar-refractivity contribution in [2.75, 3.05) is 0 Å². The van der Waals surface area contributed by atoms with Crippen LogP contribution in [0.4, 0.5) is 0 Å². The molecule has 1 rings (SSSR count). The van der Waals surface area contributed by atoms with Gasteiger partial charge < -0.3 is 5.32 Å². The zero-order valence-electron chi connectivity index (χ0n) is 11.1. The molecule has 1 heteroatoms. The lowest BCUT2D eigenvalue weighted by Gasteiger charge is -2.32. The number of aryl methyl sites for hydroxylation is 1. The maximum atomic E-state index is 3.72. The molecule has 1 nitrogen and oxygen atoms in total. The van der Waals surface area contributed by atoms with Crippen LogP contribution in [0.2, 0.25) is 0 Å². The van der Waals surface area contributed by atoms with E-state index in [4.69, 9.17) is 0 Å². The van der Waals surface area contributed by atoms with Crippen LogP contribution in [0.15, 0.2) is 24.3 Å². The van der Waals surface area contributed by atoms with Gasteiger partial charge in [0.2, 0.25) is 0 Å². The number of rotatable bonds is 6. The molecular formula is C15H25N. The summed E-state index contributed by atoms with van der Waals surface area (Å²) in [5.41, 5.74) is 3.03. The predicted octanol–water partition coefficient (Wildman–Crippen LogP) is 4.05. The molecule has 90 valence electrons. The van der Waals surface area contributed by atoms with Crippen molar-refractivity contribution in [3.8, 4) is 0 Å². The van der Waals surface area contributed by atoms with Gasteiger partial charge in [-0.1, -0.05) is 50.6 Å². The van der Waals surface area contributed by atoms with Crippen LogP contribution in [0.1, 0.15) is 51.2 Å². The van der Waals surface area contributed by atoms with Crippen molar-refractivity contribution in [2.45, 2.75) is 59.0 Å². The normalized spacial score (nSPS) is 11.8. The Morgan fingerprint density at radius 3 is 1.88 bits per heavy atom. The van der Waals surface area contributed by atoms with Crippen LogP contribution in [-0.4, -0.2) is 5.54 Å². The van der Waals surface area contributed by atoms with Gasteiger partial charge in [0.1, 0.15) is 0 Å². The van der Waals surface area contributed by atoms with E-state index in [-0.39, 0.29) is 0 Å². The maximum absolute atomic E-state index is 3.72. The Balaban J connectivity index is 2.58. The minimum Gasteiger partial charge on any atom is -0.307 e. The predicted molar refractivity (Wildman–Crippen MR) is 71.6 cm³/mol. The van der Waals surface area contributed by atoms with Gasteiger partial charge in [-0.25, -0.2) is 0 Å². The molecular weight excluding hydrogens is 194 g/mol. The highest BCUT2D eigenvalue weighted by atomic mass is 15.0. The molecule has 0 aliphatic heterocycles. The van der Waals surface area contributed by atoms with E-state index in [1.165, 1.54) is 30.4 Å². The molecule has 0 spiro atoms. The summed E-state index contributed by atoms with van der Waals surface area (Å²) in [6.07, 6.45) is 3.60. The average Bonchev–Trinajstić information content (AvgIpc) is 2.34. The zero-order chi connectivity index (χ0) is 12.0. The maximum Gasteiger partial charge on any atom is 0.0210 e. The van der Waals surface area contributed by atoms with E-state index in [0.29, 0.717) is 5.54 Å². The smallest absolute Gasteiger partial charge is 0.0210 e. The fraction of sp³-hybridized carbons (Fsp3) is 0.600. The van der Waals surface area contributed by atoms with Crippen LogP contribution in [0.3, 0.4) is 0 Å². The van der Waals surface area contributed by atoms with E-state index >= 15 is 0 Å². The summed E-state index contributed by atoms with van der Waals surface area (Å²) in [4.78, 5) is 0. The van der Waals surface area contributed by atoms with Gasteiger partial charge in [0.15, 0.2) is 0 Å². The fourth-order valence-corrected chi connectivity index (χ4v) is 2.12. The van der Waals surface area contributed by atoms with Gasteiger partial charge >= 0.3 is 0 Å². The Labute approximate surface area is 100 Å². The summed E-state index contributed by atoms with van der Waals surface area (Å²) in [7, 11) is 0. The molecule has 0 saturated carbocycles. The van der Waals surface area contributed by atoms with Crippen LogP contribution in [-0.2, 0) is 6.54 Å². The fourth-order valence-electron chi connectivity index (χ4n) is 2.12. The molecule has 0 aromatic heterocycles. The van der Waals surface area contributed by atoms with E-state index in [9.17, 15) is 0 Å². The molecule has 0 unspecified atom stereocenters. The summed E-state index contributed by atoms with van der Waals surface area (Å²) < 4.78 is 0. The first kappa shape index (κ1) is 13.2. The summed E-state index contributed by atoms with van der Waals surface area (Å²) in [5.74, 6) is 0. The standard InChI is InChI=1S/C15H25N/c1-5-15(6-2,7-3)16-12-14-10-8-13(4)9-11-14/h8-11,16H,5-7,12H2,1-4H3. The monoisotopic (exact) mass is 219 g/mol. The van der Waals surface area contributed by atoms with Gasteiger partial charge in [0.25, 0.3) is 0 Å². The Morgan fingerprint density at radius 1 is 0.938 bits per heavy atom. The molecule has 0 aliphatic carbocycles. The number of hydrogen-bond acceptors (Lipinski definition) is 1. The number of benzene rings is 1. The first-order valence-electron chi connectivity index (χ1n) is 6.46. The quantitative estimate of drug-likeness (QED) is 0.761. The van der Waals surface area contributed by atoms with E-state index in [1.807, 2.05) is 0 Å². The van der Waals surface area contributed by atoms with Crippen molar-refractivity contribution in [3.05, 3.63) is 35.4 Å². The van der Waals surface area contributed by atoms with E-state index < -0.39 is 0 Å². The van der Waals surface area contributed by atoms with Crippen LogP contribution in [0.5, 0.6) is 0 Å². The molecule has 0 fully saturated rings. The molecule has 1 aromatic rings. The Kier molecular flexibility index (Phi) is 5.01. The summed E-state index contributed by atoms with van der Waals surface area (Å²) in [6.45, 7) is 9.93. The minimum absolute atomic E-state index is 0.324. The third kappa shape index (κ3) is 3.34. The second kappa shape index (κ2) is 6.05. The molecule has 16 heavy (non-hydrogen) atoms. The highest BCUT2D eigenvalue weighted by molar-refractivity contribution is 5.21. The third-order valence-electron chi connectivity index (χ3n) is 3.82. The van der Waals surface area contributed by atoms with Crippen molar-refractivity contribution in [3.63, 3.8) is 0 Å². The number of hydrogen-bond donors (Lipinski definition) is 1. The van der Waals surface area contributed by atoms with Crippen molar-refractivity contribution in [1.82, 2.24) is 5.32 Å². The SMILES string of the molecule is CCC(CC)(CC)NCc1ccc(C)cc1. The first-order valence-corrected chi connectivity index (χ1v) is 6.46. The molecule has 0 radical (unpaired) electrons. The van der Waals surface area contributed by atoms with Crippen molar-refractivity contribution in [1.29, 1.82) is 0 Å². The van der Waals surface area contributed by atoms with Gasteiger partial charge in [0.05, 0.1) is 0 Å². The third-order valence-corrected chi connectivity index (χ3v) is 3.82. The van der Waals surface area contributed by atoms with Gasteiger partial charge in [0, 0.05) is 12.1 Å². The van der Waals surface area contributed by atoms with Crippen LogP contribution < -0.4 is 5.32 Å². The molecule has 0 atom stereocenters. The Morgan fingerprint density at radius 2 is 1.44 bits per heavy atom. The molecule has 0 heterocycles. The van der Waals surface area contributed by atoms with Crippen LogP contribution in [0.25, 0.3) is 0 Å². The lowest BCUT2D eigenvalue weighted by Crippen LogP contribution is -2.43. The highest BCUT2D eigenvalue weighted by Crippen LogP contribution is 2.20. The number of nitrogens with one attached hydrogen (secondary N) is 1. The molecule has 0 amide bonds. The molecule has 1 aromatic carbocycles. The largest absolute Gasteiger partial charge is 0.307 e. The van der Waals surface area contributed by atoms with Gasteiger partial charge in [-0.2, -0.15) is 0 Å². The molecule has 0 saturated heterocycles. The first-order chi connectivity index (χ1) is 7.65. The second-order valence-electron chi connectivity index (χ2n) is 4.68. The van der Waals surface area contributed by atoms with Crippen molar-refractivity contribution < 1.29 is 0 Å². The zero-order valence-corrected chi connectivity index (χ0v) is 11.1. The van der Waals surface area contributed by atoms with Gasteiger partial charge in [-0.15, -0.1) is 0 Å². The Hall–Kier alpha value is -0.820. The summed E-state index contributed by atoms with van der Waals surface area (Å²) in [5, 5.41) is 3.72. The van der Waals surface area contributed by atoms with Gasteiger partial charge in [-0.05, 0) is 31.7 Å². The van der Waals surface area contributed by atoms with Gasteiger partial charge in [-0.3, -0.25) is 0 Å². The molecule has 1 N–H and O–H groups in total. The second-order valence-corrected chi connectivity index (χ2v) is 4.68. The lowest BCUT2D eigenvalue weighted by atomic mass is 9.89. The molecule has 0 aliphatic rings. The van der Waals surface area contributed by atoms with Crippen LogP contribution >= 0.6 is 0 Å². The van der Waals surface area contributed by atoms with Crippen molar-refractivity contribution in [2.24, 2.45) is 0 Å². The minimum atomic E-state index is 0.324. The van der Waals surface area contributed by atoms with Crippen molar-refractivity contribution >= 4 is 0 Å². The van der Waals surface area contributed by atoms with E-state index in [0.717, 1.165) is 6.54 Å². The highest BCUT2D eigenvalue weighted by Gasteiger charge is 2.22. The lowest BCUT2D eigenvalue weighted by molar-refractivity contribution is 0.288. The average molecular weight is 219 g/mol. The van der Waals surface area contributed by atoms with Crippen LogP contribution in [0, 0.1) is 6.92 Å². The summed E-state index contributed by atoms with van der Waals surface area (Å²) >= 11 is 0. The van der Waals surface area contributed by atoms with E-state index in [2.05, 4.69) is 57.3 Å². The molecule has 0 bridgehead atoms.